The summed E-state index contributed by atoms with van der Waals surface area (Å²) in [5.74, 6) is 0.456. The molecule has 2 aliphatic rings. The van der Waals surface area contributed by atoms with Gasteiger partial charge in [0.25, 0.3) is 0 Å². The first-order valence-electron chi connectivity index (χ1n) is 8.29. The minimum Gasteiger partial charge on any atom is -0.316 e. The molecule has 0 aliphatic carbocycles. The molecule has 2 fully saturated rings. The smallest absolute Gasteiger partial charge is 0.166 e. The van der Waals surface area contributed by atoms with E-state index >= 15 is 0 Å². The normalized spacial score (nSPS) is 26.0. The van der Waals surface area contributed by atoms with Crippen molar-refractivity contribution in [3.8, 4) is 0 Å². The average molecular weight is 357 g/mol. The quantitative estimate of drug-likeness (QED) is 0.835. The third kappa shape index (κ3) is 4.69. The Morgan fingerprint density at radius 1 is 1.30 bits per heavy atom. The van der Waals surface area contributed by atoms with Gasteiger partial charge in [-0.1, -0.05) is 18.5 Å². The van der Waals surface area contributed by atoms with Crippen molar-refractivity contribution in [3.05, 3.63) is 34.9 Å². The summed E-state index contributed by atoms with van der Waals surface area (Å²) in [5, 5.41) is 4.15. The molecule has 1 atom stereocenters. The van der Waals surface area contributed by atoms with Gasteiger partial charge in [0.2, 0.25) is 0 Å². The molecule has 2 aliphatic heterocycles. The summed E-state index contributed by atoms with van der Waals surface area (Å²) in [4.78, 5) is 15.1. The number of hydrogen-bond acceptors (Lipinski definition) is 3. The van der Waals surface area contributed by atoms with Gasteiger partial charge in [-0.15, -0.1) is 12.4 Å². The molecule has 128 valence electrons. The van der Waals surface area contributed by atoms with E-state index in [0.717, 1.165) is 51.1 Å². The van der Waals surface area contributed by atoms with E-state index < -0.39 is 0 Å². The fraction of sp³-hybridized carbons (Fsp3) is 0.611. The molecule has 23 heavy (non-hydrogen) atoms. The SMILES string of the molecule is CC1(CN2CCC(C(=O)c3ccc(Cl)cc3)CC2)CCNC1.Cl. The third-order valence-corrected chi connectivity index (χ3v) is 5.40. The monoisotopic (exact) mass is 356 g/mol. The lowest BCUT2D eigenvalue weighted by Gasteiger charge is -2.36. The molecule has 1 unspecified atom stereocenters. The zero-order valence-corrected chi connectivity index (χ0v) is 15.3. The molecule has 1 N–H and O–H groups in total. The van der Waals surface area contributed by atoms with Gasteiger partial charge in [-0.05, 0) is 68.6 Å². The van der Waals surface area contributed by atoms with Gasteiger partial charge in [0.05, 0.1) is 0 Å². The van der Waals surface area contributed by atoms with E-state index in [1.54, 1.807) is 12.1 Å². The topological polar surface area (TPSA) is 32.3 Å². The molecule has 5 heteroatoms. The van der Waals surface area contributed by atoms with Gasteiger partial charge in [-0.3, -0.25) is 4.79 Å². The standard InChI is InChI=1S/C18H25ClN2O.ClH/c1-18(8-9-20-12-18)13-21-10-6-15(7-11-21)17(22)14-2-4-16(19)5-3-14;/h2-5,15,20H,6-13H2,1H3;1H. The first-order chi connectivity index (χ1) is 10.6. The molecule has 3 nitrogen and oxygen atoms in total. The maximum absolute atomic E-state index is 12.6. The lowest BCUT2D eigenvalue weighted by molar-refractivity contribution is 0.0797. The molecule has 1 aromatic carbocycles. The average Bonchev–Trinajstić information content (AvgIpc) is 2.94. The van der Waals surface area contributed by atoms with Crippen LogP contribution in [0.25, 0.3) is 0 Å². The minimum atomic E-state index is 0. The number of carbonyl (C=O) groups is 1. The van der Waals surface area contributed by atoms with Crippen LogP contribution < -0.4 is 5.32 Å². The number of benzene rings is 1. The molecule has 2 saturated heterocycles. The van der Waals surface area contributed by atoms with Crippen molar-refractivity contribution in [1.29, 1.82) is 0 Å². The Hall–Kier alpha value is -0.610. The number of nitrogens with one attached hydrogen (secondary N) is 1. The number of halogens is 2. The van der Waals surface area contributed by atoms with Gasteiger partial charge in [-0.25, -0.2) is 0 Å². The number of hydrogen-bond donors (Lipinski definition) is 1. The summed E-state index contributed by atoms with van der Waals surface area (Å²) in [5.41, 5.74) is 1.21. The number of piperidine rings is 1. The van der Waals surface area contributed by atoms with Crippen molar-refractivity contribution in [1.82, 2.24) is 10.2 Å². The molecule has 0 spiro atoms. The van der Waals surface area contributed by atoms with Crippen molar-refractivity contribution in [2.45, 2.75) is 26.2 Å². The van der Waals surface area contributed by atoms with Crippen LogP contribution in [0.4, 0.5) is 0 Å². The maximum Gasteiger partial charge on any atom is 0.166 e. The molecule has 0 bridgehead atoms. The Kier molecular flexibility index (Phi) is 6.49. The van der Waals surface area contributed by atoms with Gasteiger partial charge in [0.1, 0.15) is 0 Å². The summed E-state index contributed by atoms with van der Waals surface area (Å²) in [6.07, 6.45) is 3.21. The zero-order chi connectivity index (χ0) is 15.6. The first-order valence-corrected chi connectivity index (χ1v) is 8.66. The number of rotatable bonds is 4. The molecular formula is C18H26Cl2N2O. The van der Waals surface area contributed by atoms with Crippen molar-refractivity contribution in [3.63, 3.8) is 0 Å². The van der Waals surface area contributed by atoms with E-state index in [9.17, 15) is 4.79 Å². The second-order valence-corrected chi connectivity index (χ2v) is 7.60. The van der Waals surface area contributed by atoms with E-state index in [1.807, 2.05) is 12.1 Å². The molecule has 0 aromatic heterocycles. The van der Waals surface area contributed by atoms with Crippen LogP contribution in [-0.4, -0.2) is 43.4 Å². The van der Waals surface area contributed by atoms with Gasteiger partial charge in [0.15, 0.2) is 5.78 Å². The number of Topliss-reactive ketones (excluding diaryl/α,β-unsaturated/α-hetero) is 1. The highest BCUT2D eigenvalue weighted by molar-refractivity contribution is 6.30. The van der Waals surface area contributed by atoms with Crippen LogP contribution in [0.3, 0.4) is 0 Å². The lowest BCUT2D eigenvalue weighted by atomic mass is 9.85. The van der Waals surface area contributed by atoms with Gasteiger partial charge in [0, 0.05) is 29.6 Å². The van der Waals surface area contributed by atoms with Gasteiger partial charge in [-0.2, -0.15) is 0 Å². The Morgan fingerprint density at radius 2 is 1.96 bits per heavy atom. The Morgan fingerprint density at radius 3 is 2.52 bits per heavy atom. The summed E-state index contributed by atoms with van der Waals surface area (Å²) in [6, 6.07) is 7.31. The highest BCUT2D eigenvalue weighted by Crippen LogP contribution is 2.29. The van der Waals surface area contributed by atoms with Gasteiger partial charge < -0.3 is 10.2 Å². The number of ketones is 1. The molecule has 0 amide bonds. The molecular weight excluding hydrogens is 331 g/mol. The zero-order valence-electron chi connectivity index (χ0n) is 13.7. The van der Waals surface area contributed by atoms with Crippen LogP contribution in [0.5, 0.6) is 0 Å². The Labute approximate surface area is 150 Å². The molecule has 0 radical (unpaired) electrons. The second kappa shape index (κ2) is 7.98. The number of nitrogens with zero attached hydrogens (tertiary/aromatic N) is 1. The summed E-state index contributed by atoms with van der Waals surface area (Å²) in [7, 11) is 0. The minimum absolute atomic E-state index is 0. The largest absolute Gasteiger partial charge is 0.316 e. The summed E-state index contributed by atoms with van der Waals surface area (Å²) < 4.78 is 0. The van der Waals surface area contributed by atoms with Crippen molar-refractivity contribution in [2.24, 2.45) is 11.3 Å². The van der Waals surface area contributed by atoms with Crippen LogP contribution in [0.15, 0.2) is 24.3 Å². The fourth-order valence-electron chi connectivity index (χ4n) is 3.75. The van der Waals surface area contributed by atoms with E-state index in [4.69, 9.17) is 11.6 Å². The predicted octanol–water partition coefficient (Wildman–Crippen LogP) is 3.66. The van der Waals surface area contributed by atoms with Crippen LogP contribution in [0.2, 0.25) is 5.02 Å². The molecule has 1 aromatic rings. The summed E-state index contributed by atoms with van der Waals surface area (Å²) in [6.45, 7) is 7.87. The van der Waals surface area contributed by atoms with Crippen molar-refractivity contribution in [2.75, 3.05) is 32.7 Å². The van der Waals surface area contributed by atoms with Crippen LogP contribution in [-0.2, 0) is 0 Å². The number of likely N-dealkylation sites (tertiary alicyclic amines) is 1. The van der Waals surface area contributed by atoms with E-state index in [-0.39, 0.29) is 24.1 Å². The number of carbonyl (C=O) groups excluding carboxylic acids is 1. The first kappa shape index (κ1) is 18.7. The second-order valence-electron chi connectivity index (χ2n) is 7.16. The van der Waals surface area contributed by atoms with Crippen molar-refractivity contribution >= 4 is 29.8 Å². The highest BCUT2D eigenvalue weighted by Gasteiger charge is 2.33. The van der Waals surface area contributed by atoms with Crippen molar-refractivity contribution < 1.29 is 4.79 Å². The van der Waals surface area contributed by atoms with Crippen LogP contribution >= 0.6 is 24.0 Å². The predicted molar refractivity (Wildman–Crippen MR) is 97.8 cm³/mol. The Bertz CT molecular complexity index is 518. The highest BCUT2D eigenvalue weighted by atomic mass is 35.5. The van der Waals surface area contributed by atoms with E-state index in [1.165, 1.54) is 6.42 Å². The molecule has 0 saturated carbocycles. The van der Waals surface area contributed by atoms with E-state index in [2.05, 4.69) is 17.1 Å². The lowest BCUT2D eigenvalue weighted by Crippen LogP contribution is -2.43. The van der Waals surface area contributed by atoms with E-state index in [0.29, 0.717) is 10.4 Å². The van der Waals surface area contributed by atoms with Crippen LogP contribution in [0.1, 0.15) is 36.5 Å². The third-order valence-electron chi connectivity index (χ3n) is 5.15. The van der Waals surface area contributed by atoms with Gasteiger partial charge >= 0.3 is 0 Å². The Balaban J connectivity index is 0.00000192. The fourth-order valence-corrected chi connectivity index (χ4v) is 3.87. The molecule has 2 heterocycles. The molecule has 3 rings (SSSR count). The summed E-state index contributed by atoms with van der Waals surface area (Å²) >= 11 is 5.89. The maximum atomic E-state index is 12.6. The van der Waals surface area contributed by atoms with Crippen LogP contribution in [0, 0.1) is 11.3 Å².